The molecule has 0 aromatic rings. The van der Waals surface area contributed by atoms with E-state index in [0.717, 1.165) is 31.3 Å². The molecule has 4 aliphatic carbocycles. The number of esters is 1. The van der Waals surface area contributed by atoms with Gasteiger partial charge in [-0.05, 0) is 61.9 Å². The van der Waals surface area contributed by atoms with E-state index in [2.05, 4.69) is 6.92 Å². The zero-order chi connectivity index (χ0) is 17.1. The molecule has 6 atom stereocenters. The largest absolute Gasteiger partial charge is 0.469 e. The van der Waals surface area contributed by atoms with E-state index in [-0.39, 0.29) is 29.0 Å². The first-order valence-corrected chi connectivity index (χ1v) is 9.30. The Morgan fingerprint density at radius 3 is 2.75 bits per heavy atom. The van der Waals surface area contributed by atoms with Crippen LogP contribution in [-0.2, 0) is 19.1 Å². The number of carbonyl (C=O) groups excluding carboxylic acids is 3. The molecule has 0 amide bonds. The first-order chi connectivity index (χ1) is 11.5. The smallest absolute Gasteiger partial charge is 0.309 e. The maximum absolute atomic E-state index is 12.5. The van der Waals surface area contributed by atoms with Crippen LogP contribution in [0.15, 0.2) is 11.6 Å². The summed E-state index contributed by atoms with van der Waals surface area (Å²) in [5, 5.41) is 0. The minimum atomic E-state index is -0.251. The van der Waals surface area contributed by atoms with Crippen LogP contribution in [0.4, 0.5) is 0 Å². The molecule has 24 heavy (non-hydrogen) atoms. The van der Waals surface area contributed by atoms with Gasteiger partial charge in [-0.15, -0.1) is 0 Å². The van der Waals surface area contributed by atoms with Gasteiger partial charge in [0.2, 0.25) is 0 Å². The van der Waals surface area contributed by atoms with Crippen molar-refractivity contribution in [2.75, 3.05) is 7.11 Å². The van der Waals surface area contributed by atoms with E-state index in [1.807, 2.05) is 0 Å². The summed E-state index contributed by atoms with van der Waals surface area (Å²) in [6.45, 7) is 2.12. The molecule has 4 rings (SSSR count). The van der Waals surface area contributed by atoms with Crippen LogP contribution in [0.3, 0.4) is 0 Å². The maximum Gasteiger partial charge on any atom is 0.309 e. The lowest BCUT2D eigenvalue weighted by molar-refractivity contribution is -0.156. The first kappa shape index (κ1) is 16.0. The summed E-state index contributed by atoms with van der Waals surface area (Å²) >= 11 is 0. The van der Waals surface area contributed by atoms with Crippen molar-refractivity contribution in [2.45, 2.75) is 51.9 Å². The summed E-state index contributed by atoms with van der Waals surface area (Å²) in [6.07, 6.45) is 7.48. The van der Waals surface area contributed by atoms with Crippen molar-refractivity contribution >= 4 is 17.5 Å². The van der Waals surface area contributed by atoms with E-state index >= 15 is 0 Å². The molecule has 0 aromatic heterocycles. The lowest BCUT2D eigenvalue weighted by Gasteiger charge is -2.54. The number of hydrogen-bond donors (Lipinski definition) is 0. The van der Waals surface area contributed by atoms with E-state index < -0.39 is 0 Å². The number of methoxy groups -OCH3 is 1. The molecule has 0 aromatic carbocycles. The lowest BCUT2D eigenvalue weighted by atomic mass is 9.49. The Labute approximate surface area is 143 Å². The van der Waals surface area contributed by atoms with Crippen molar-refractivity contribution in [1.29, 1.82) is 0 Å². The van der Waals surface area contributed by atoms with Crippen LogP contribution in [0.25, 0.3) is 0 Å². The number of Topliss-reactive ketones (excluding diaryl/α,β-unsaturated/α-hetero) is 1. The normalized spacial score (nSPS) is 44.2. The number of allylic oxidation sites excluding steroid dienone is 1. The number of ether oxygens (including phenoxy) is 1. The molecule has 0 heterocycles. The Kier molecular flexibility index (Phi) is 3.70. The van der Waals surface area contributed by atoms with Gasteiger partial charge in [-0.25, -0.2) is 0 Å². The third kappa shape index (κ3) is 2.14. The molecule has 0 spiro atoms. The molecular formula is C20H26O4. The summed E-state index contributed by atoms with van der Waals surface area (Å²) in [4.78, 5) is 36.9. The van der Waals surface area contributed by atoms with Gasteiger partial charge in [-0.2, -0.15) is 0 Å². The summed E-state index contributed by atoms with van der Waals surface area (Å²) in [5.41, 5.74) is 0.912. The Hall–Kier alpha value is -1.45. The summed E-state index contributed by atoms with van der Waals surface area (Å²) in [7, 11) is 1.45. The van der Waals surface area contributed by atoms with E-state index in [1.54, 1.807) is 6.08 Å². The lowest BCUT2D eigenvalue weighted by Crippen LogP contribution is -2.51. The van der Waals surface area contributed by atoms with Gasteiger partial charge in [0, 0.05) is 18.3 Å². The summed E-state index contributed by atoms with van der Waals surface area (Å²) < 4.78 is 5.12. The van der Waals surface area contributed by atoms with Crippen molar-refractivity contribution < 1.29 is 19.1 Å². The maximum atomic E-state index is 12.5. The van der Waals surface area contributed by atoms with Gasteiger partial charge in [0.15, 0.2) is 5.78 Å². The average molecular weight is 330 g/mol. The second-order valence-corrected chi connectivity index (χ2v) is 8.43. The van der Waals surface area contributed by atoms with Gasteiger partial charge < -0.3 is 4.74 Å². The number of hydrogen-bond acceptors (Lipinski definition) is 4. The average Bonchev–Trinajstić information content (AvgIpc) is 2.88. The molecule has 0 saturated heterocycles. The molecule has 0 radical (unpaired) electrons. The monoisotopic (exact) mass is 330 g/mol. The molecule has 0 N–H and O–H groups in total. The molecular weight excluding hydrogens is 304 g/mol. The number of fused-ring (bicyclic) bond motifs is 5. The van der Waals surface area contributed by atoms with E-state index in [4.69, 9.17) is 4.74 Å². The van der Waals surface area contributed by atoms with Gasteiger partial charge in [0.25, 0.3) is 0 Å². The Morgan fingerprint density at radius 2 is 2.00 bits per heavy atom. The predicted molar refractivity (Wildman–Crippen MR) is 88.0 cm³/mol. The third-order valence-corrected chi connectivity index (χ3v) is 7.56. The molecule has 4 aliphatic rings. The van der Waals surface area contributed by atoms with Crippen LogP contribution >= 0.6 is 0 Å². The van der Waals surface area contributed by atoms with Crippen LogP contribution < -0.4 is 0 Å². The second-order valence-electron chi connectivity index (χ2n) is 8.43. The highest BCUT2D eigenvalue weighted by Gasteiger charge is 2.59. The zero-order valence-corrected chi connectivity index (χ0v) is 14.5. The second kappa shape index (κ2) is 5.53. The van der Waals surface area contributed by atoms with Crippen LogP contribution in [0.1, 0.15) is 51.9 Å². The highest BCUT2D eigenvalue weighted by atomic mass is 16.5. The molecule has 130 valence electrons. The quantitative estimate of drug-likeness (QED) is 0.693. The summed E-state index contributed by atoms with van der Waals surface area (Å²) in [6, 6.07) is 0. The fraction of sp³-hybridized carbons (Fsp3) is 0.750. The molecule has 4 nitrogen and oxygen atoms in total. The van der Waals surface area contributed by atoms with Crippen molar-refractivity contribution in [3.63, 3.8) is 0 Å². The van der Waals surface area contributed by atoms with Gasteiger partial charge in [-0.3, -0.25) is 14.4 Å². The van der Waals surface area contributed by atoms with E-state index in [1.165, 1.54) is 7.11 Å². The Balaban J connectivity index is 1.75. The standard InChI is InChI=1S/C20H26O4/c1-20-8-7-14-13-4-3-12(21)9-11(13)10-15(19(23)24-2)18(14)16(20)5-6-17(20)22/h9,13-16,18H,3-8,10H2,1-2H3/t13-,14+,15+,16-,18-,20-/m0/s1. The van der Waals surface area contributed by atoms with E-state index in [9.17, 15) is 14.4 Å². The summed E-state index contributed by atoms with van der Waals surface area (Å²) in [5.74, 6) is 1.61. The van der Waals surface area contributed by atoms with Crippen molar-refractivity contribution in [3.05, 3.63) is 11.6 Å². The topological polar surface area (TPSA) is 60.4 Å². The highest BCUT2D eigenvalue weighted by Crippen LogP contribution is 2.62. The van der Waals surface area contributed by atoms with Crippen molar-refractivity contribution in [3.8, 4) is 0 Å². The molecule has 0 aliphatic heterocycles. The van der Waals surface area contributed by atoms with Gasteiger partial charge in [0.1, 0.15) is 5.78 Å². The highest BCUT2D eigenvalue weighted by molar-refractivity contribution is 5.92. The minimum Gasteiger partial charge on any atom is -0.469 e. The van der Waals surface area contributed by atoms with Crippen LogP contribution in [0, 0.1) is 35.0 Å². The molecule has 3 fully saturated rings. The minimum absolute atomic E-state index is 0.161. The fourth-order valence-corrected chi connectivity index (χ4v) is 6.40. The molecule has 0 unspecified atom stereocenters. The van der Waals surface area contributed by atoms with Crippen molar-refractivity contribution in [2.24, 2.45) is 35.0 Å². The SMILES string of the molecule is COC(=O)[C@@H]1CC2=CC(=O)CC[C@@H]2[C@H]2CC[C@]3(C)C(=O)CC[C@H]3[C@@H]21. The van der Waals surface area contributed by atoms with Gasteiger partial charge in [-0.1, -0.05) is 12.5 Å². The number of ketones is 2. The predicted octanol–water partition coefficient (Wildman–Crippen LogP) is 3.10. The number of carbonyl (C=O) groups is 3. The van der Waals surface area contributed by atoms with Gasteiger partial charge in [0.05, 0.1) is 13.0 Å². The fourth-order valence-electron chi connectivity index (χ4n) is 6.40. The van der Waals surface area contributed by atoms with Gasteiger partial charge >= 0.3 is 5.97 Å². The van der Waals surface area contributed by atoms with Crippen molar-refractivity contribution in [1.82, 2.24) is 0 Å². The Morgan fingerprint density at radius 1 is 1.21 bits per heavy atom. The first-order valence-electron chi connectivity index (χ1n) is 9.30. The van der Waals surface area contributed by atoms with Crippen LogP contribution in [0.5, 0.6) is 0 Å². The molecule has 3 saturated carbocycles. The Bertz CT molecular complexity index is 634. The molecule has 4 heteroatoms. The van der Waals surface area contributed by atoms with Crippen LogP contribution in [0.2, 0.25) is 0 Å². The van der Waals surface area contributed by atoms with E-state index in [0.29, 0.717) is 42.8 Å². The third-order valence-electron chi connectivity index (χ3n) is 7.56. The zero-order valence-electron chi connectivity index (χ0n) is 14.5. The molecule has 0 bridgehead atoms. The number of rotatable bonds is 1. The van der Waals surface area contributed by atoms with Crippen LogP contribution in [-0.4, -0.2) is 24.6 Å².